The van der Waals surface area contributed by atoms with Gasteiger partial charge in [-0.15, -0.1) is 0 Å². The number of fused-ring (bicyclic) bond motifs is 1. The van der Waals surface area contributed by atoms with Crippen molar-refractivity contribution in [2.45, 2.75) is 12.6 Å². The molecule has 1 unspecified atom stereocenters. The number of hydrogen-bond donors (Lipinski definition) is 0. The van der Waals surface area contributed by atoms with Crippen LogP contribution < -0.4 is 9.64 Å². The molecule has 0 N–H and O–H groups in total. The number of piperazine rings is 1. The van der Waals surface area contributed by atoms with Gasteiger partial charge in [-0.05, 0) is 36.2 Å². The number of hydrogen-bond acceptors (Lipinski definition) is 3. The molecule has 1 amide bonds. The topological polar surface area (TPSA) is 32.8 Å². The van der Waals surface area contributed by atoms with Crippen molar-refractivity contribution in [1.82, 2.24) is 4.90 Å². The van der Waals surface area contributed by atoms with Gasteiger partial charge < -0.3 is 14.5 Å². The second-order valence-electron chi connectivity index (χ2n) is 7.18. The van der Waals surface area contributed by atoms with Gasteiger partial charge in [0, 0.05) is 31.9 Å². The summed E-state index contributed by atoms with van der Waals surface area (Å²) in [6.07, 6.45) is -3.70. The van der Waals surface area contributed by atoms with Crippen LogP contribution in [0, 0.1) is 5.92 Å². The van der Waals surface area contributed by atoms with Crippen LogP contribution in [0.5, 0.6) is 5.75 Å². The summed E-state index contributed by atoms with van der Waals surface area (Å²) < 4.78 is 44.5. The number of para-hydroxylation sites is 1. The number of benzene rings is 2. The summed E-state index contributed by atoms with van der Waals surface area (Å²) in [6, 6.07) is 13.1. The Kier molecular flexibility index (Phi) is 4.91. The molecule has 2 aromatic rings. The number of amides is 1. The van der Waals surface area contributed by atoms with E-state index in [1.165, 1.54) is 12.1 Å². The molecule has 2 aromatic carbocycles. The predicted molar refractivity (Wildman–Crippen MR) is 99.4 cm³/mol. The van der Waals surface area contributed by atoms with Crippen molar-refractivity contribution in [3.8, 4) is 5.75 Å². The fourth-order valence-electron chi connectivity index (χ4n) is 3.81. The van der Waals surface area contributed by atoms with Gasteiger partial charge in [0.05, 0.1) is 11.5 Å². The molecule has 2 aliphatic heterocycles. The van der Waals surface area contributed by atoms with Gasteiger partial charge in [0.2, 0.25) is 5.91 Å². The Bertz CT molecular complexity index is 861. The van der Waals surface area contributed by atoms with Crippen molar-refractivity contribution in [1.29, 1.82) is 0 Å². The highest BCUT2D eigenvalue weighted by Gasteiger charge is 2.33. The number of carbonyl (C=O) groups excluding carboxylic acids is 1. The lowest BCUT2D eigenvalue weighted by Crippen LogP contribution is -2.51. The summed E-state index contributed by atoms with van der Waals surface area (Å²) in [5.74, 6) is 0.675. The molecule has 1 atom stereocenters. The van der Waals surface area contributed by atoms with Gasteiger partial charge in [-0.3, -0.25) is 4.79 Å². The van der Waals surface area contributed by atoms with E-state index in [0.717, 1.165) is 17.4 Å². The average Bonchev–Trinajstić information content (AvgIpc) is 2.72. The number of ether oxygens (including phenoxy) is 1. The number of carbonyl (C=O) groups is 1. The van der Waals surface area contributed by atoms with E-state index in [1.54, 1.807) is 11.0 Å². The van der Waals surface area contributed by atoms with Crippen LogP contribution in [0.25, 0.3) is 0 Å². The second kappa shape index (κ2) is 7.37. The van der Waals surface area contributed by atoms with E-state index in [1.807, 2.05) is 29.2 Å². The molecule has 2 aliphatic rings. The second-order valence-corrected chi connectivity index (χ2v) is 7.18. The van der Waals surface area contributed by atoms with Crippen molar-refractivity contribution in [2.24, 2.45) is 5.92 Å². The van der Waals surface area contributed by atoms with Crippen molar-refractivity contribution in [3.05, 3.63) is 59.7 Å². The zero-order valence-corrected chi connectivity index (χ0v) is 15.3. The summed E-state index contributed by atoms with van der Waals surface area (Å²) in [5, 5.41) is 0. The zero-order chi connectivity index (χ0) is 19.7. The first kappa shape index (κ1) is 18.7. The van der Waals surface area contributed by atoms with Crippen LogP contribution >= 0.6 is 0 Å². The molecule has 1 saturated heterocycles. The Morgan fingerprint density at radius 1 is 1.00 bits per heavy atom. The van der Waals surface area contributed by atoms with Crippen molar-refractivity contribution in [3.63, 3.8) is 0 Å². The Morgan fingerprint density at radius 3 is 2.50 bits per heavy atom. The van der Waals surface area contributed by atoms with Gasteiger partial charge >= 0.3 is 6.18 Å². The van der Waals surface area contributed by atoms with E-state index in [9.17, 15) is 18.0 Å². The van der Waals surface area contributed by atoms with Crippen molar-refractivity contribution >= 4 is 11.6 Å². The van der Waals surface area contributed by atoms with Gasteiger partial charge in [-0.2, -0.15) is 13.2 Å². The molecule has 0 aliphatic carbocycles. The largest absolute Gasteiger partial charge is 0.492 e. The van der Waals surface area contributed by atoms with Gasteiger partial charge in [0.1, 0.15) is 12.4 Å². The number of alkyl halides is 3. The summed E-state index contributed by atoms with van der Waals surface area (Å²) >= 11 is 0. The third-order valence-electron chi connectivity index (χ3n) is 5.36. The lowest BCUT2D eigenvalue weighted by molar-refractivity contribution is -0.138. The van der Waals surface area contributed by atoms with Gasteiger partial charge in [0.25, 0.3) is 0 Å². The molecule has 4 rings (SSSR count). The molecule has 0 bridgehead atoms. The lowest BCUT2D eigenvalue weighted by Gasteiger charge is -2.38. The first-order valence-electron chi connectivity index (χ1n) is 9.33. The molecule has 0 radical (unpaired) electrons. The quantitative estimate of drug-likeness (QED) is 0.786. The molecular weight excluding hydrogens is 369 g/mol. The minimum absolute atomic E-state index is 0.0539. The Labute approximate surface area is 161 Å². The Balaban J connectivity index is 1.38. The number of halogens is 3. The number of anilines is 1. The van der Waals surface area contributed by atoms with Crippen molar-refractivity contribution < 1.29 is 22.7 Å². The molecule has 1 fully saturated rings. The van der Waals surface area contributed by atoms with Gasteiger partial charge in [0.15, 0.2) is 0 Å². The van der Waals surface area contributed by atoms with Gasteiger partial charge in [-0.1, -0.05) is 24.3 Å². The van der Waals surface area contributed by atoms with E-state index in [-0.39, 0.29) is 11.8 Å². The smallest absolute Gasteiger partial charge is 0.416 e. The normalized spacial score (nSPS) is 19.8. The molecule has 7 heteroatoms. The number of rotatable bonds is 2. The van der Waals surface area contributed by atoms with Crippen LogP contribution in [0.4, 0.5) is 18.9 Å². The van der Waals surface area contributed by atoms with Gasteiger partial charge in [-0.25, -0.2) is 0 Å². The zero-order valence-electron chi connectivity index (χ0n) is 15.3. The highest BCUT2D eigenvalue weighted by atomic mass is 19.4. The van der Waals surface area contributed by atoms with Crippen LogP contribution in [0.1, 0.15) is 11.1 Å². The Morgan fingerprint density at radius 2 is 1.75 bits per heavy atom. The maximum absolute atomic E-state index is 12.9. The standard InChI is InChI=1S/C21H21F3N2O2/c22-21(23,24)17-5-3-6-18(13-17)25-8-10-26(11-9-25)20(27)16-12-15-4-1-2-7-19(15)28-14-16/h1-7,13,16H,8-12,14H2. The molecule has 0 saturated carbocycles. The van der Waals surface area contributed by atoms with Crippen LogP contribution in [0.2, 0.25) is 0 Å². The lowest BCUT2D eigenvalue weighted by atomic mass is 9.95. The van der Waals surface area contributed by atoms with E-state index in [0.29, 0.717) is 44.9 Å². The van der Waals surface area contributed by atoms with Crippen molar-refractivity contribution in [2.75, 3.05) is 37.7 Å². The van der Waals surface area contributed by atoms with Crippen LogP contribution in [0.15, 0.2) is 48.5 Å². The fraction of sp³-hybridized carbons (Fsp3) is 0.381. The predicted octanol–water partition coefficient (Wildman–Crippen LogP) is 3.61. The monoisotopic (exact) mass is 390 g/mol. The molecule has 28 heavy (non-hydrogen) atoms. The highest BCUT2D eigenvalue weighted by Crippen LogP contribution is 2.32. The van der Waals surface area contributed by atoms with E-state index in [4.69, 9.17) is 4.74 Å². The molecule has 4 nitrogen and oxygen atoms in total. The van der Waals surface area contributed by atoms with E-state index < -0.39 is 11.7 Å². The van der Waals surface area contributed by atoms with Crippen LogP contribution in [0.3, 0.4) is 0 Å². The SMILES string of the molecule is O=C(C1COc2ccccc2C1)N1CCN(c2cccc(C(F)(F)F)c2)CC1. The molecular formula is C21H21F3N2O2. The average molecular weight is 390 g/mol. The molecule has 148 valence electrons. The summed E-state index contributed by atoms with van der Waals surface area (Å²) in [5.41, 5.74) is 0.924. The van der Waals surface area contributed by atoms with Crippen LogP contribution in [-0.2, 0) is 17.4 Å². The van der Waals surface area contributed by atoms with E-state index in [2.05, 4.69) is 0 Å². The number of nitrogens with zero attached hydrogens (tertiary/aromatic N) is 2. The summed E-state index contributed by atoms with van der Waals surface area (Å²) in [7, 11) is 0. The molecule has 0 aromatic heterocycles. The van der Waals surface area contributed by atoms with Crippen LogP contribution in [-0.4, -0.2) is 43.6 Å². The molecule has 0 spiro atoms. The summed E-state index contributed by atoms with van der Waals surface area (Å²) in [6.45, 7) is 2.37. The fourth-order valence-corrected chi connectivity index (χ4v) is 3.81. The molecule has 2 heterocycles. The third kappa shape index (κ3) is 3.79. The highest BCUT2D eigenvalue weighted by molar-refractivity contribution is 5.80. The maximum atomic E-state index is 12.9. The summed E-state index contributed by atoms with van der Waals surface area (Å²) in [4.78, 5) is 16.6. The maximum Gasteiger partial charge on any atom is 0.416 e. The Hall–Kier alpha value is -2.70. The third-order valence-corrected chi connectivity index (χ3v) is 5.36. The van der Waals surface area contributed by atoms with E-state index >= 15 is 0 Å². The minimum atomic E-state index is -4.36. The minimum Gasteiger partial charge on any atom is -0.492 e. The first-order valence-corrected chi connectivity index (χ1v) is 9.33. The first-order chi connectivity index (χ1) is 13.4.